The van der Waals surface area contributed by atoms with Gasteiger partial charge in [0.15, 0.2) is 0 Å². The van der Waals surface area contributed by atoms with Crippen LogP contribution < -0.4 is 5.32 Å². The summed E-state index contributed by atoms with van der Waals surface area (Å²) in [5.41, 5.74) is 0.104. The maximum absolute atomic E-state index is 12.0. The SMILES string of the molecule is O=C(O)c1ccc(NC(=O)N2CCCCCC2)nc1. The molecule has 0 bridgehead atoms. The van der Waals surface area contributed by atoms with Gasteiger partial charge >= 0.3 is 12.0 Å². The monoisotopic (exact) mass is 263 g/mol. The lowest BCUT2D eigenvalue weighted by Gasteiger charge is -2.20. The van der Waals surface area contributed by atoms with Gasteiger partial charge < -0.3 is 10.0 Å². The first kappa shape index (κ1) is 13.3. The fourth-order valence-electron chi connectivity index (χ4n) is 2.06. The van der Waals surface area contributed by atoms with Crippen molar-refractivity contribution in [2.45, 2.75) is 25.7 Å². The summed E-state index contributed by atoms with van der Waals surface area (Å²) in [5, 5.41) is 11.4. The van der Waals surface area contributed by atoms with E-state index >= 15 is 0 Å². The molecule has 1 aliphatic heterocycles. The van der Waals surface area contributed by atoms with Crippen LogP contribution >= 0.6 is 0 Å². The Hall–Kier alpha value is -2.11. The fourth-order valence-corrected chi connectivity index (χ4v) is 2.06. The first-order valence-electron chi connectivity index (χ1n) is 6.42. The van der Waals surface area contributed by atoms with Crippen LogP contribution in [0.15, 0.2) is 18.3 Å². The molecule has 2 heterocycles. The van der Waals surface area contributed by atoms with Crippen molar-refractivity contribution in [1.82, 2.24) is 9.88 Å². The standard InChI is InChI=1S/C13H17N3O3/c17-12(18)10-5-6-11(14-9-10)15-13(19)16-7-3-1-2-4-8-16/h5-6,9H,1-4,7-8H2,(H,17,18)(H,14,15,19). The summed E-state index contributed by atoms with van der Waals surface area (Å²) in [6.07, 6.45) is 5.61. The number of aromatic nitrogens is 1. The molecule has 1 aromatic heterocycles. The molecular formula is C13H17N3O3. The minimum Gasteiger partial charge on any atom is -0.478 e. The van der Waals surface area contributed by atoms with Crippen molar-refractivity contribution >= 4 is 17.8 Å². The molecule has 2 rings (SSSR count). The zero-order valence-electron chi connectivity index (χ0n) is 10.6. The zero-order valence-corrected chi connectivity index (χ0v) is 10.6. The summed E-state index contributed by atoms with van der Waals surface area (Å²) in [6.45, 7) is 1.53. The van der Waals surface area contributed by atoms with E-state index < -0.39 is 5.97 Å². The Balaban J connectivity index is 1.95. The Kier molecular flexibility index (Phi) is 4.33. The van der Waals surface area contributed by atoms with Crippen LogP contribution in [0.5, 0.6) is 0 Å². The lowest BCUT2D eigenvalue weighted by Crippen LogP contribution is -2.35. The summed E-state index contributed by atoms with van der Waals surface area (Å²) in [5.74, 6) is -0.655. The molecule has 6 heteroatoms. The van der Waals surface area contributed by atoms with Crippen molar-refractivity contribution in [1.29, 1.82) is 0 Å². The molecule has 6 nitrogen and oxygen atoms in total. The molecule has 1 aliphatic rings. The van der Waals surface area contributed by atoms with Gasteiger partial charge in [-0.1, -0.05) is 12.8 Å². The maximum Gasteiger partial charge on any atom is 0.337 e. The van der Waals surface area contributed by atoms with Gasteiger partial charge in [0.25, 0.3) is 0 Å². The first-order valence-corrected chi connectivity index (χ1v) is 6.42. The molecule has 0 radical (unpaired) electrons. The predicted molar refractivity (Wildman–Crippen MR) is 70.3 cm³/mol. The second kappa shape index (κ2) is 6.17. The van der Waals surface area contributed by atoms with Crippen LogP contribution in [0.4, 0.5) is 10.6 Å². The van der Waals surface area contributed by atoms with E-state index in [0.717, 1.165) is 38.8 Å². The van der Waals surface area contributed by atoms with Gasteiger partial charge in [0.1, 0.15) is 5.82 Å². The number of hydrogen-bond acceptors (Lipinski definition) is 3. The molecule has 102 valence electrons. The van der Waals surface area contributed by atoms with E-state index in [9.17, 15) is 9.59 Å². The molecule has 1 fully saturated rings. The van der Waals surface area contributed by atoms with Gasteiger partial charge in [-0.15, -0.1) is 0 Å². The number of aromatic carboxylic acids is 1. The van der Waals surface area contributed by atoms with Crippen LogP contribution in [0, 0.1) is 0 Å². The molecule has 0 spiro atoms. The average molecular weight is 263 g/mol. The van der Waals surface area contributed by atoms with Gasteiger partial charge in [-0.25, -0.2) is 14.6 Å². The number of carboxylic acid groups (broad SMARTS) is 1. The van der Waals surface area contributed by atoms with Crippen LogP contribution in [0.3, 0.4) is 0 Å². The largest absolute Gasteiger partial charge is 0.478 e. The number of carboxylic acids is 1. The molecule has 0 saturated carbocycles. The van der Waals surface area contributed by atoms with E-state index in [-0.39, 0.29) is 11.6 Å². The van der Waals surface area contributed by atoms with E-state index in [1.807, 2.05) is 0 Å². The molecule has 1 aromatic rings. The smallest absolute Gasteiger partial charge is 0.337 e. The highest BCUT2D eigenvalue weighted by atomic mass is 16.4. The van der Waals surface area contributed by atoms with Gasteiger partial charge in [0.05, 0.1) is 5.56 Å². The van der Waals surface area contributed by atoms with E-state index in [1.54, 1.807) is 4.90 Å². The molecule has 1 saturated heterocycles. The maximum atomic E-state index is 12.0. The quantitative estimate of drug-likeness (QED) is 0.856. The van der Waals surface area contributed by atoms with Crippen LogP contribution in [0.25, 0.3) is 0 Å². The number of carbonyl (C=O) groups is 2. The third kappa shape index (κ3) is 3.67. The van der Waals surface area contributed by atoms with E-state index in [2.05, 4.69) is 10.3 Å². The van der Waals surface area contributed by atoms with Crippen molar-refractivity contribution in [2.24, 2.45) is 0 Å². The highest BCUT2D eigenvalue weighted by molar-refractivity contribution is 5.90. The Morgan fingerprint density at radius 3 is 2.37 bits per heavy atom. The molecule has 0 aromatic carbocycles. The number of hydrogen-bond donors (Lipinski definition) is 2. The van der Waals surface area contributed by atoms with Crippen molar-refractivity contribution in [3.63, 3.8) is 0 Å². The second-order valence-corrected chi connectivity index (χ2v) is 4.57. The summed E-state index contributed by atoms with van der Waals surface area (Å²) in [7, 11) is 0. The minimum absolute atomic E-state index is 0.104. The minimum atomic E-state index is -1.03. The lowest BCUT2D eigenvalue weighted by molar-refractivity contribution is 0.0696. The van der Waals surface area contributed by atoms with Crippen LogP contribution in [0.1, 0.15) is 36.0 Å². The number of likely N-dealkylation sites (tertiary alicyclic amines) is 1. The Labute approximate surface area is 111 Å². The summed E-state index contributed by atoms with van der Waals surface area (Å²) in [6, 6.07) is 2.75. The molecule has 2 N–H and O–H groups in total. The Morgan fingerprint density at radius 1 is 1.16 bits per heavy atom. The van der Waals surface area contributed by atoms with E-state index in [4.69, 9.17) is 5.11 Å². The molecule has 19 heavy (non-hydrogen) atoms. The second-order valence-electron chi connectivity index (χ2n) is 4.57. The number of urea groups is 1. The molecule has 0 atom stereocenters. The van der Waals surface area contributed by atoms with E-state index in [0.29, 0.717) is 5.82 Å². The number of rotatable bonds is 2. The van der Waals surface area contributed by atoms with Gasteiger partial charge in [-0.2, -0.15) is 0 Å². The molecule has 2 amide bonds. The fraction of sp³-hybridized carbons (Fsp3) is 0.462. The predicted octanol–water partition coefficient (Wildman–Crippen LogP) is 2.19. The Bertz CT molecular complexity index is 451. The first-order chi connectivity index (χ1) is 9.16. The lowest BCUT2D eigenvalue weighted by atomic mass is 10.2. The third-order valence-corrected chi connectivity index (χ3v) is 3.14. The zero-order chi connectivity index (χ0) is 13.7. The van der Waals surface area contributed by atoms with Crippen LogP contribution in [-0.4, -0.2) is 40.1 Å². The summed E-state index contributed by atoms with van der Waals surface area (Å²) < 4.78 is 0. The number of nitrogens with one attached hydrogen (secondary N) is 1. The average Bonchev–Trinajstić information content (AvgIpc) is 2.68. The third-order valence-electron chi connectivity index (χ3n) is 3.14. The van der Waals surface area contributed by atoms with Crippen molar-refractivity contribution in [2.75, 3.05) is 18.4 Å². The highest BCUT2D eigenvalue weighted by Crippen LogP contribution is 2.12. The van der Waals surface area contributed by atoms with Crippen LogP contribution in [0.2, 0.25) is 0 Å². The van der Waals surface area contributed by atoms with Gasteiger partial charge in [-0.3, -0.25) is 5.32 Å². The number of pyridine rings is 1. The molecule has 0 unspecified atom stereocenters. The van der Waals surface area contributed by atoms with Crippen molar-refractivity contribution in [3.8, 4) is 0 Å². The van der Waals surface area contributed by atoms with Crippen molar-refractivity contribution < 1.29 is 14.7 Å². The Morgan fingerprint density at radius 2 is 1.84 bits per heavy atom. The summed E-state index contributed by atoms with van der Waals surface area (Å²) in [4.78, 5) is 28.4. The van der Waals surface area contributed by atoms with Gasteiger partial charge in [-0.05, 0) is 25.0 Å². The number of anilines is 1. The number of carbonyl (C=O) groups excluding carboxylic acids is 1. The number of nitrogens with zero attached hydrogens (tertiary/aromatic N) is 2. The number of amides is 2. The van der Waals surface area contributed by atoms with Crippen LogP contribution in [-0.2, 0) is 0 Å². The van der Waals surface area contributed by atoms with Gasteiger partial charge in [0.2, 0.25) is 0 Å². The van der Waals surface area contributed by atoms with Crippen molar-refractivity contribution in [3.05, 3.63) is 23.9 Å². The normalized spacial score (nSPS) is 15.7. The van der Waals surface area contributed by atoms with Gasteiger partial charge in [0, 0.05) is 19.3 Å². The molecular weight excluding hydrogens is 246 g/mol. The van der Waals surface area contributed by atoms with E-state index in [1.165, 1.54) is 18.3 Å². The molecule has 0 aliphatic carbocycles. The highest BCUT2D eigenvalue weighted by Gasteiger charge is 2.15. The topological polar surface area (TPSA) is 82.5 Å². The summed E-state index contributed by atoms with van der Waals surface area (Å²) >= 11 is 0.